The smallest absolute Gasteiger partial charge is 0.262 e. The van der Waals surface area contributed by atoms with Crippen LogP contribution >= 0.6 is 23.2 Å². The molecule has 1 aromatic heterocycles. The Labute approximate surface area is 249 Å². The van der Waals surface area contributed by atoms with E-state index in [1.807, 2.05) is 50.2 Å². The maximum absolute atomic E-state index is 13.7. The van der Waals surface area contributed by atoms with Gasteiger partial charge in [-0.2, -0.15) is 9.57 Å². The number of hydrogen-bond donors (Lipinski definition) is 1. The lowest BCUT2D eigenvalue weighted by Gasteiger charge is -2.22. The number of carbonyl (C=O) groups is 1. The summed E-state index contributed by atoms with van der Waals surface area (Å²) in [7, 11) is -3.96. The third-order valence-corrected chi connectivity index (χ3v) is 8.73. The molecule has 210 valence electrons. The molecule has 0 saturated heterocycles. The molecule has 0 fully saturated rings. The van der Waals surface area contributed by atoms with Gasteiger partial charge in [0.05, 0.1) is 17.5 Å². The molecular formula is C31H27Cl2N3O4S. The van der Waals surface area contributed by atoms with Gasteiger partial charge in [-0.3, -0.25) is 4.79 Å². The number of aryl methyl sites for hydroxylation is 1. The lowest BCUT2D eigenvalue weighted by atomic mass is 10.1. The molecule has 7 nitrogen and oxygen atoms in total. The molecule has 0 saturated carbocycles. The summed E-state index contributed by atoms with van der Waals surface area (Å²) in [6.07, 6.45) is 1.32. The summed E-state index contributed by atoms with van der Waals surface area (Å²) in [4.78, 5) is 12.9. The van der Waals surface area contributed by atoms with Crippen molar-refractivity contribution < 1.29 is 17.6 Å². The lowest BCUT2D eigenvalue weighted by Crippen LogP contribution is -2.30. The molecule has 0 aliphatic rings. The second-order valence-electron chi connectivity index (χ2n) is 9.40. The van der Waals surface area contributed by atoms with Gasteiger partial charge in [0.2, 0.25) is 10.0 Å². The highest BCUT2D eigenvalue weighted by atomic mass is 35.5. The summed E-state index contributed by atoms with van der Waals surface area (Å²) in [5.41, 5.74) is 2.24. The fourth-order valence-corrected chi connectivity index (χ4v) is 5.90. The van der Waals surface area contributed by atoms with Gasteiger partial charge in [0.15, 0.2) is 0 Å². The van der Waals surface area contributed by atoms with Crippen molar-refractivity contribution in [3.63, 3.8) is 0 Å². The van der Waals surface area contributed by atoms with Crippen LogP contribution in [-0.4, -0.2) is 18.6 Å². The van der Waals surface area contributed by atoms with Crippen molar-refractivity contribution in [1.82, 2.24) is 9.62 Å². The van der Waals surface area contributed by atoms with Crippen molar-refractivity contribution >= 4 is 45.2 Å². The quantitative estimate of drug-likeness (QED) is 0.153. The molecule has 1 heterocycles. The number of nitriles is 1. The van der Waals surface area contributed by atoms with Gasteiger partial charge in [0.25, 0.3) is 5.91 Å². The maximum Gasteiger partial charge on any atom is 0.262 e. The highest BCUT2D eigenvalue weighted by Crippen LogP contribution is 2.27. The monoisotopic (exact) mass is 607 g/mol. The second-order valence-corrected chi connectivity index (χ2v) is 12.2. The first-order valence-electron chi connectivity index (χ1n) is 12.6. The van der Waals surface area contributed by atoms with Crippen LogP contribution in [0.4, 0.5) is 0 Å². The molecule has 0 bridgehead atoms. The van der Waals surface area contributed by atoms with Gasteiger partial charge in [0.1, 0.15) is 23.2 Å². The van der Waals surface area contributed by atoms with Crippen molar-refractivity contribution in [3.05, 3.63) is 129 Å². The first-order valence-corrected chi connectivity index (χ1v) is 14.8. The highest BCUT2D eigenvalue weighted by molar-refractivity contribution is 7.89. The number of furan rings is 1. The molecule has 0 radical (unpaired) electrons. The molecule has 41 heavy (non-hydrogen) atoms. The minimum absolute atomic E-state index is 0.0404. The molecule has 10 heteroatoms. The molecule has 4 aromatic rings. The Balaban J connectivity index is 1.58. The van der Waals surface area contributed by atoms with Gasteiger partial charge >= 0.3 is 0 Å². The van der Waals surface area contributed by atoms with Crippen molar-refractivity contribution in [2.24, 2.45) is 0 Å². The van der Waals surface area contributed by atoms with Crippen LogP contribution < -0.4 is 5.32 Å². The zero-order valence-corrected chi connectivity index (χ0v) is 24.7. The molecule has 1 amide bonds. The summed E-state index contributed by atoms with van der Waals surface area (Å²) in [6, 6.07) is 25.6. The summed E-state index contributed by atoms with van der Waals surface area (Å²) in [5.74, 6) is -0.00796. The van der Waals surface area contributed by atoms with E-state index in [9.17, 15) is 18.5 Å². The van der Waals surface area contributed by atoms with E-state index >= 15 is 0 Å². The normalized spacial score (nSPS) is 12.6. The Morgan fingerprint density at radius 2 is 1.73 bits per heavy atom. The second kappa shape index (κ2) is 13.2. The fraction of sp³-hybridized carbons (Fsp3) is 0.161. The Hall–Kier alpha value is -3.87. The van der Waals surface area contributed by atoms with E-state index in [0.29, 0.717) is 21.4 Å². The fourth-order valence-electron chi connectivity index (χ4n) is 4.05. The molecule has 1 atom stereocenters. The summed E-state index contributed by atoms with van der Waals surface area (Å²) >= 11 is 12.4. The van der Waals surface area contributed by atoms with Gasteiger partial charge in [-0.1, -0.05) is 77.3 Å². The van der Waals surface area contributed by atoms with Crippen LogP contribution in [0.5, 0.6) is 0 Å². The molecular weight excluding hydrogens is 581 g/mol. The molecule has 0 spiro atoms. The third kappa shape index (κ3) is 7.66. The van der Waals surface area contributed by atoms with Crippen molar-refractivity contribution in [2.75, 3.05) is 0 Å². The number of benzene rings is 3. The summed E-state index contributed by atoms with van der Waals surface area (Å²) in [6.45, 7) is 3.53. The number of rotatable bonds is 10. The minimum atomic E-state index is -3.96. The number of sulfonamides is 1. The predicted molar refractivity (Wildman–Crippen MR) is 159 cm³/mol. The zero-order chi connectivity index (χ0) is 29.6. The predicted octanol–water partition coefficient (Wildman–Crippen LogP) is 7.07. The first-order chi connectivity index (χ1) is 19.6. The van der Waals surface area contributed by atoms with E-state index in [1.54, 1.807) is 54.6 Å². The number of nitrogens with zero attached hydrogens (tertiary/aromatic N) is 2. The van der Waals surface area contributed by atoms with Crippen molar-refractivity contribution in [1.29, 1.82) is 5.26 Å². The van der Waals surface area contributed by atoms with E-state index in [0.717, 1.165) is 11.1 Å². The summed E-state index contributed by atoms with van der Waals surface area (Å²) in [5, 5.41) is 13.2. The molecule has 3 aromatic carbocycles. The van der Waals surface area contributed by atoms with Crippen LogP contribution in [0.25, 0.3) is 6.08 Å². The van der Waals surface area contributed by atoms with Crippen LogP contribution in [-0.2, 0) is 27.9 Å². The van der Waals surface area contributed by atoms with Crippen LogP contribution in [0.15, 0.2) is 99.8 Å². The highest BCUT2D eigenvalue weighted by Gasteiger charge is 2.27. The Morgan fingerprint density at radius 3 is 2.39 bits per heavy atom. The molecule has 0 aliphatic carbocycles. The van der Waals surface area contributed by atoms with Crippen LogP contribution in [0.3, 0.4) is 0 Å². The van der Waals surface area contributed by atoms with E-state index < -0.39 is 15.9 Å². The number of halogens is 2. The number of amides is 1. The van der Waals surface area contributed by atoms with Gasteiger partial charge in [-0.15, -0.1) is 0 Å². The molecule has 4 rings (SSSR count). The van der Waals surface area contributed by atoms with E-state index in [-0.39, 0.29) is 35.4 Å². The number of carbonyl (C=O) groups excluding carboxylic acids is 1. The Morgan fingerprint density at radius 1 is 1.02 bits per heavy atom. The van der Waals surface area contributed by atoms with E-state index in [1.165, 1.54) is 10.4 Å². The SMILES string of the molecule is Cc1ccc(S(=O)(=O)N(Cc2ccc(/C=C(/C#N)C(=O)N[C@@H](C)c3ccccc3)o2)Cc2ccc(Cl)cc2Cl)cc1. The van der Waals surface area contributed by atoms with E-state index in [2.05, 4.69) is 5.32 Å². The Bertz CT molecular complexity index is 1710. The van der Waals surface area contributed by atoms with Gasteiger partial charge < -0.3 is 9.73 Å². The molecule has 0 aliphatic heterocycles. The largest absolute Gasteiger partial charge is 0.460 e. The van der Waals surface area contributed by atoms with Gasteiger partial charge in [-0.05, 0) is 61.4 Å². The number of nitrogens with one attached hydrogen (secondary N) is 1. The summed E-state index contributed by atoms with van der Waals surface area (Å²) < 4.78 is 34.5. The van der Waals surface area contributed by atoms with Crippen molar-refractivity contribution in [2.45, 2.75) is 37.9 Å². The van der Waals surface area contributed by atoms with Crippen molar-refractivity contribution in [3.8, 4) is 6.07 Å². The molecule has 0 unspecified atom stereocenters. The standard InChI is InChI=1S/C31H27Cl2N3O4S/c1-21-8-14-29(15-9-21)41(38,39)36(19-24-10-11-26(32)17-30(24)33)20-28-13-12-27(40-28)16-25(18-34)31(37)35-22(2)23-6-4-3-5-7-23/h3-17,22H,19-20H2,1-2H3,(H,35,37)/b25-16-/t22-/m0/s1. The average Bonchev–Trinajstić information content (AvgIpc) is 3.40. The van der Waals surface area contributed by atoms with Crippen LogP contribution in [0.2, 0.25) is 10.0 Å². The van der Waals surface area contributed by atoms with E-state index in [4.69, 9.17) is 27.6 Å². The number of hydrogen-bond acceptors (Lipinski definition) is 5. The lowest BCUT2D eigenvalue weighted by molar-refractivity contribution is -0.117. The first kappa shape index (κ1) is 30.1. The topological polar surface area (TPSA) is 103 Å². The van der Waals surface area contributed by atoms with Crippen LogP contribution in [0, 0.1) is 18.3 Å². The van der Waals surface area contributed by atoms with Crippen LogP contribution in [0.1, 0.15) is 41.2 Å². The third-order valence-electron chi connectivity index (χ3n) is 6.33. The maximum atomic E-state index is 13.7. The minimum Gasteiger partial charge on any atom is -0.460 e. The zero-order valence-electron chi connectivity index (χ0n) is 22.3. The van der Waals surface area contributed by atoms with Gasteiger partial charge in [0, 0.05) is 22.7 Å². The van der Waals surface area contributed by atoms with Gasteiger partial charge in [-0.25, -0.2) is 8.42 Å². The molecule has 1 N–H and O–H groups in total. The average molecular weight is 609 g/mol. The Kier molecular flexibility index (Phi) is 9.69.